The van der Waals surface area contributed by atoms with Crippen molar-refractivity contribution in [2.75, 3.05) is 77.9 Å². The first-order valence-corrected chi connectivity index (χ1v) is 32.3. The van der Waals surface area contributed by atoms with E-state index in [9.17, 15) is 47.1 Å². The number of methoxy groups -OCH3 is 1. The molecule has 1 saturated carbocycles. The van der Waals surface area contributed by atoms with Gasteiger partial charge in [0.1, 0.15) is 19.0 Å². The fourth-order valence-electron chi connectivity index (χ4n) is 12.2. The Morgan fingerprint density at radius 3 is 2.19 bits per heavy atom. The highest BCUT2D eigenvalue weighted by molar-refractivity contribution is 7.88. The van der Waals surface area contributed by atoms with Gasteiger partial charge in [0.05, 0.1) is 87.4 Å². The predicted molar refractivity (Wildman–Crippen MR) is 334 cm³/mol. The summed E-state index contributed by atoms with van der Waals surface area (Å²) in [6.07, 6.45) is 2.93. The second-order valence-electron chi connectivity index (χ2n) is 24.2. The lowest BCUT2D eigenvalue weighted by Crippen LogP contribution is -2.50. The van der Waals surface area contributed by atoms with E-state index in [0.717, 1.165) is 41.7 Å². The number of hydrogen-bond acceptors (Lipinski definition) is 18. The summed E-state index contributed by atoms with van der Waals surface area (Å²) in [5.74, 6) is 5.84. The zero-order valence-corrected chi connectivity index (χ0v) is 52.9. The maximum Gasteiger partial charge on any atom is 0.421 e. The number of rotatable bonds is 29. The Kier molecular flexibility index (Phi) is 22.4. The highest BCUT2D eigenvalue weighted by Crippen LogP contribution is 2.52. The average molecular weight is 1280 g/mol. The predicted octanol–water partition coefficient (Wildman–Crippen LogP) is 6.47. The molecule has 91 heavy (non-hydrogen) atoms. The Hall–Kier alpha value is -8.15. The van der Waals surface area contributed by atoms with Crippen molar-refractivity contribution >= 4 is 69.3 Å². The first-order valence-electron chi connectivity index (χ1n) is 30.8. The van der Waals surface area contributed by atoms with Crippen LogP contribution in [0.5, 0.6) is 17.2 Å². The molecule has 0 bridgehead atoms. The number of nitrogens with zero attached hydrogens (tertiary/aromatic N) is 4. The SMILES string of the molecule is C=C1C[C@H]2C=Nc3cc(OCCCOc4cc5c(cc4C)C(=O)N4CC(=C)C[C@H]4[C@H](O)N5C(=O)OCc4ccc(CC(=O)[C@H](C)NC(=O)C(CC(=O)COCCOCCNS(=O)(=O)NC(=O)OCC5[C@H]6CCC#CCC[C@@H]56)C(C)C)cc4)c(OC)cc3C(=O)N2C1. The second kappa shape index (κ2) is 30.3. The fourth-order valence-corrected chi connectivity index (χ4v) is 12.9. The van der Waals surface area contributed by atoms with E-state index < -0.39 is 52.5 Å². The molecule has 25 heteroatoms. The zero-order valence-electron chi connectivity index (χ0n) is 52.1. The summed E-state index contributed by atoms with van der Waals surface area (Å²) in [5.41, 5.74) is 4.63. The Morgan fingerprint density at radius 2 is 1.47 bits per heavy atom. The number of carbonyl (C=O) groups excluding carboxylic acids is 7. The van der Waals surface area contributed by atoms with Gasteiger partial charge in [0.25, 0.3) is 11.8 Å². The largest absolute Gasteiger partial charge is 0.493 e. The molecular weight excluding hydrogens is 1190 g/mol. The lowest BCUT2D eigenvalue weighted by atomic mass is 9.89. The smallest absolute Gasteiger partial charge is 0.421 e. The van der Waals surface area contributed by atoms with Crippen molar-refractivity contribution in [1.29, 1.82) is 0 Å². The topological polar surface area (TPSA) is 297 Å². The number of aliphatic imine (C=N–C) groups is 1. The van der Waals surface area contributed by atoms with Crippen molar-refractivity contribution < 1.29 is 80.2 Å². The number of ether oxygens (including phenoxy) is 7. The normalized spacial score (nSPS) is 21.2. The molecule has 3 aromatic rings. The number of ketones is 2. The van der Waals surface area contributed by atoms with E-state index in [1.165, 1.54) is 12.0 Å². The Morgan fingerprint density at radius 1 is 0.802 bits per heavy atom. The second-order valence-corrected chi connectivity index (χ2v) is 25.7. The molecule has 24 nitrogen and oxygen atoms in total. The molecule has 4 heterocycles. The van der Waals surface area contributed by atoms with Gasteiger partial charge in [-0.2, -0.15) is 13.1 Å². The van der Waals surface area contributed by atoms with E-state index in [-0.39, 0.29) is 138 Å². The van der Waals surface area contributed by atoms with E-state index >= 15 is 0 Å². The minimum atomic E-state index is -4.18. The molecule has 2 saturated heterocycles. The monoisotopic (exact) mass is 1280 g/mol. The van der Waals surface area contributed by atoms with E-state index in [2.05, 4.69) is 40.0 Å². The van der Waals surface area contributed by atoms with Gasteiger partial charge in [0, 0.05) is 76.0 Å². The van der Waals surface area contributed by atoms with Crippen LogP contribution in [0, 0.1) is 48.4 Å². The van der Waals surface area contributed by atoms with E-state index in [1.54, 1.807) is 87.3 Å². The molecule has 4 N–H and O–H groups in total. The van der Waals surface area contributed by atoms with Crippen LogP contribution in [0.2, 0.25) is 0 Å². The molecule has 2 aliphatic carbocycles. The molecular formula is C66H81N7O17S. The molecule has 2 unspecified atom stereocenters. The van der Waals surface area contributed by atoms with Gasteiger partial charge in [-0.1, -0.05) is 62.4 Å². The Balaban J connectivity index is 0.698. The molecule has 0 aromatic heterocycles. The van der Waals surface area contributed by atoms with Crippen LogP contribution in [-0.2, 0) is 56.6 Å². The molecule has 6 aliphatic rings. The van der Waals surface area contributed by atoms with Crippen LogP contribution in [0.25, 0.3) is 0 Å². The van der Waals surface area contributed by atoms with Gasteiger partial charge in [0.2, 0.25) is 5.91 Å². The number of amides is 5. The first-order chi connectivity index (χ1) is 43.6. The lowest BCUT2D eigenvalue weighted by Gasteiger charge is -2.31. The van der Waals surface area contributed by atoms with E-state index in [4.69, 9.17) is 33.2 Å². The minimum absolute atomic E-state index is 0.0140. The molecule has 488 valence electrons. The summed E-state index contributed by atoms with van der Waals surface area (Å²) in [5, 5.41) is 14.7. The van der Waals surface area contributed by atoms with E-state index in [1.807, 2.05) is 4.72 Å². The number of aliphatic hydroxyl groups is 1. The van der Waals surface area contributed by atoms with Crippen LogP contribution in [-0.4, -0.2) is 168 Å². The number of nitrogens with one attached hydrogen (secondary N) is 3. The molecule has 8 atom stereocenters. The lowest BCUT2D eigenvalue weighted by molar-refractivity contribution is -0.134. The number of benzene rings is 3. The number of carbonyl (C=O) groups is 7. The molecule has 3 fully saturated rings. The summed E-state index contributed by atoms with van der Waals surface area (Å²) in [6.45, 7) is 15.5. The van der Waals surface area contributed by atoms with Crippen molar-refractivity contribution in [3.8, 4) is 29.1 Å². The van der Waals surface area contributed by atoms with Crippen LogP contribution in [0.1, 0.15) is 110 Å². The van der Waals surface area contributed by atoms with Gasteiger partial charge in [-0.3, -0.25) is 29.0 Å². The summed E-state index contributed by atoms with van der Waals surface area (Å²) < 4.78 is 68.5. The van der Waals surface area contributed by atoms with E-state index in [0.29, 0.717) is 76.4 Å². The maximum absolute atomic E-state index is 14.2. The number of anilines is 1. The number of fused-ring (bicyclic) bond motifs is 5. The van der Waals surface area contributed by atoms with Gasteiger partial charge in [-0.15, -0.1) is 11.8 Å². The third kappa shape index (κ3) is 17.1. The zero-order chi connectivity index (χ0) is 65.1. The van der Waals surface area contributed by atoms with Crippen molar-refractivity contribution in [1.82, 2.24) is 24.6 Å². The molecule has 3 aromatic carbocycles. The minimum Gasteiger partial charge on any atom is -0.493 e. The van der Waals surface area contributed by atoms with Gasteiger partial charge in [-0.05, 0) is 92.0 Å². The van der Waals surface area contributed by atoms with Gasteiger partial charge < -0.3 is 53.4 Å². The average Bonchev–Trinajstić information content (AvgIpc) is 1.69. The number of Topliss-reactive ketones (excluding diaryl/α,β-unsaturated/α-hetero) is 2. The summed E-state index contributed by atoms with van der Waals surface area (Å²) in [6, 6.07) is 11.4. The third-order valence-corrected chi connectivity index (χ3v) is 18.2. The van der Waals surface area contributed by atoms with Gasteiger partial charge >= 0.3 is 22.4 Å². The highest BCUT2D eigenvalue weighted by atomic mass is 32.2. The quantitative estimate of drug-likeness (QED) is 0.0329. The Bertz CT molecular complexity index is 3470. The number of aryl methyl sites for hydroxylation is 1. The van der Waals surface area contributed by atoms with Crippen LogP contribution in [0.15, 0.2) is 77.8 Å². The molecule has 0 spiro atoms. The number of aliphatic hydroxyl groups excluding tert-OH is 1. The molecule has 0 radical (unpaired) electrons. The van der Waals surface area contributed by atoms with Crippen molar-refractivity contribution in [2.24, 2.45) is 34.6 Å². The number of hydrogen-bond donors (Lipinski definition) is 4. The molecule has 4 aliphatic heterocycles. The van der Waals surface area contributed by atoms with Crippen molar-refractivity contribution in [3.63, 3.8) is 0 Å². The van der Waals surface area contributed by atoms with Crippen LogP contribution in [0.3, 0.4) is 0 Å². The van der Waals surface area contributed by atoms with Crippen LogP contribution in [0.4, 0.5) is 21.0 Å². The Labute approximate surface area is 530 Å². The van der Waals surface area contributed by atoms with Crippen molar-refractivity contribution in [3.05, 3.63) is 101 Å². The molecule has 5 amide bonds. The van der Waals surface area contributed by atoms with Gasteiger partial charge in [-0.25, -0.2) is 19.2 Å². The van der Waals surface area contributed by atoms with Crippen LogP contribution >= 0.6 is 0 Å². The van der Waals surface area contributed by atoms with Crippen molar-refractivity contribution in [2.45, 2.75) is 116 Å². The standard InChI is InChI=1S/C66H81N7O17S/c1-39(2)50(29-47(74)37-86-24-23-85-22-19-68-91(82,83)70-65(80)89-38-53-48-13-10-8-9-11-14-49(48)53)61(76)69-43(6)57(75)28-44-15-17-45(18-16-44)36-90-66(81)73-55-32-58(42(5)27-52(55)63(78)72-35-41(4)26-56(72)64(73)79)87-20-12-21-88-60-31-54-51(30-59(60)84-7)62(77)71-34-40(3)25-46(71)33-67-54/h15-18,27,30-33,39,43,46,48-50,53,56,64,68,79H,3-4,10-14,19-26,28-29,34-38H2,1-2,5-7H3,(H,69,76)(H,70,80)/t43-,46-,48-,49+,50?,53?,56-,64-/m0/s1. The summed E-state index contributed by atoms with van der Waals surface area (Å²) in [4.78, 5) is 103. The summed E-state index contributed by atoms with van der Waals surface area (Å²) in [7, 11) is -2.69. The summed E-state index contributed by atoms with van der Waals surface area (Å²) >= 11 is 0. The third-order valence-electron chi connectivity index (χ3n) is 17.2. The van der Waals surface area contributed by atoms with Crippen LogP contribution < -0.4 is 33.9 Å². The van der Waals surface area contributed by atoms with Gasteiger partial charge in [0.15, 0.2) is 29.3 Å². The first kappa shape index (κ1) is 67.2. The fraction of sp³-hybridized carbons (Fsp3) is 0.515. The molecule has 9 rings (SSSR count). The highest BCUT2D eigenvalue weighted by Gasteiger charge is 2.50. The maximum atomic E-state index is 14.2.